The maximum atomic E-state index is 13.8. The van der Waals surface area contributed by atoms with Crippen molar-refractivity contribution < 1.29 is 14.0 Å². The van der Waals surface area contributed by atoms with E-state index in [4.69, 9.17) is 0 Å². The van der Waals surface area contributed by atoms with Gasteiger partial charge in [-0.2, -0.15) is 0 Å². The summed E-state index contributed by atoms with van der Waals surface area (Å²) in [6, 6.07) is 9.75. The quantitative estimate of drug-likeness (QED) is 0.786. The van der Waals surface area contributed by atoms with Crippen LogP contribution >= 0.6 is 23.7 Å². The Labute approximate surface area is 162 Å². The van der Waals surface area contributed by atoms with Gasteiger partial charge in [0, 0.05) is 30.1 Å². The molecule has 2 heterocycles. The minimum absolute atomic E-state index is 0. The Bertz CT molecular complexity index is 742. The van der Waals surface area contributed by atoms with Crippen LogP contribution in [0.3, 0.4) is 0 Å². The molecule has 1 aliphatic rings. The van der Waals surface area contributed by atoms with Gasteiger partial charge in [0.05, 0.1) is 19.0 Å². The number of halogens is 2. The molecule has 1 fully saturated rings. The lowest BCUT2D eigenvalue weighted by Crippen LogP contribution is -2.55. The van der Waals surface area contributed by atoms with Crippen LogP contribution in [0.4, 0.5) is 4.39 Å². The van der Waals surface area contributed by atoms with E-state index in [-0.39, 0.29) is 43.0 Å². The van der Waals surface area contributed by atoms with Gasteiger partial charge in [-0.3, -0.25) is 9.59 Å². The molecule has 140 valence electrons. The Morgan fingerprint density at radius 2 is 2.12 bits per heavy atom. The molecule has 1 saturated heterocycles. The minimum atomic E-state index is -0.566. The predicted molar refractivity (Wildman–Crippen MR) is 102 cm³/mol. The van der Waals surface area contributed by atoms with E-state index in [1.807, 2.05) is 17.5 Å². The highest BCUT2D eigenvalue weighted by atomic mass is 35.5. The van der Waals surface area contributed by atoms with Crippen LogP contribution in [-0.2, 0) is 22.7 Å². The van der Waals surface area contributed by atoms with E-state index in [1.54, 1.807) is 34.4 Å². The van der Waals surface area contributed by atoms with Crippen LogP contribution < -0.4 is 10.6 Å². The Kier molecular flexibility index (Phi) is 7.56. The van der Waals surface area contributed by atoms with E-state index < -0.39 is 6.04 Å². The van der Waals surface area contributed by atoms with E-state index in [0.29, 0.717) is 25.2 Å². The van der Waals surface area contributed by atoms with Gasteiger partial charge in [-0.1, -0.05) is 24.3 Å². The molecule has 26 heavy (non-hydrogen) atoms. The highest BCUT2D eigenvalue weighted by molar-refractivity contribution is 7.09. The number of thiophene rings is 1. The third-order valence-corrected chi connectivity index (χ3v) is 5.01. The second-order valence-corrected chi connectivity index (χ2v) is 6.95. The van der Waals surface area contributed by atoms with Crippen LogP contribution in [0.5, 0.6) is 0 Å². The first-order valence-electron chi connectivity index (χ1n) is 8.18. The number of amides is 2. The topological polar surface area (TPSA) is 61.4 Å². The number of benzene rings is 1. The fraction of sp³-hybridized carbons (Fsp3) is 0.333. The molecule has 0 saturated carbocycles. The van der Waals surface area contributed by atoms with E-state index in [0.717, 1.165) is 4.88 Å². The summed E-state index contributed by atoms with van der Waals surface area (Å²) in [5.41, 5.74) is 0.485. The Morgan fingerprint density at radius 3 is 2.85 bits per heavy atom. The lowest BCUT2D eigenvalue weighted by Gasteiger charge is -2.33. The van der Waals surface area contributed by atoms with E-state index in [9.17, 15) is 14.0 Å². The zero-order valence-corrected chi connectivity index (χ0v) is 15.7. The number of piperazine rings is 1. The molecular weight excluding hydrogens is 377 g/mol. The fourth-order valence-electron chi connectivity index (χ4n) is 2.80. The molecule has 0 bridgehead atoms. The SMILES string of the molecule is Cl.O=C(CC1NCCN(Cc2ccccc2F)C1=O)NCc1cccs1. The molecule has 5 nitrogen and oxygen atoms in total. The summed E-state index contributed by atoms with van der Waals surface area (Å²) in [6.07, 6.45) is 0.0813. The van der Waals surface area contributed by atoms with Gasteiger partial charge in [0.25, 0.3) is 0 Å². The zero-order valence-electron chi connectivity index (χ0n) is 14.1. The normalized spacial score (nSPS) is 16.9. The summed E-state index contributed by atoms with van der Waals surface area (Å²) >= 11 is 1.57. The van der Waals surface area contributed by atoms with Gasteiger partial charge in [-0.25, -0.2) is 4.39 Å². The van der Waals surface area contributed by atoms with Crippen LogP contribution in [0.1, 0.15) is 16.9 Å². The number of carbonyl (C=O) groups is 2. The standard InChI is InChI=1S/C18H20FN3O2S.ClH/c19-15-6-2-1-4-13(15)12-22-8-7-20-16(18(22)24)10-17(23)21-11-14-5-3-9-25-14;/h1-6,9,16,20H,7-8,10-12H2,(H,21,23);1H. The van der Waals surface area contributed by atoms with Crippen molar-refractivity contribution in [1.82, 2.24) is 15.5 Å². The number of carbonyl (C=O) groups excluding carboxylic acids is 2. The lowest BCUT2D eigenvalue weighted by atomic mass is 10.1. The van der Waals surface area contributed by atoms with Crippen LogP contribution in [0.2, 0.25) is 0 Å². The van der Waals surface area contributed by atoms with Crippen LogP contribution in [0.25, 0.3) is 0 Å². The number of hydrogen-bond donors (Lipinski definition) is 2. The lowest BCUT2D eigenvalue weighted by molar-refractivity contribution is -0.138. The Balaban J connectivity index is 0.00000243. The zero-order chi connectivity index (χ0) is 17.6. The van der Waals surface area contributed by atoms with Gasteiger partial charge >= 0.3 is 0 Å². The average Bonchev–Trinajstić information content (AvgIpc) is 3.12. The summed E-state index contributed by atoms with van der Waals surface area (Å²) < 4.78 is 13.8. The molecule has 0 spiro atoms. The number of nitrogens with zero attached hydrogens (tertiary/aromatic N) is 1. The molecule has 3 rings (SSSR count). The number of hydrogen-bond acceptors (Lipinski definition) is 4. The summed E-state index contributed by atoms with van der Waals surface area (Å²) in [5, 5.41) is 7.86. The van der Waals surface area contributed by atoms with Crippen molar-refractivity contribution in [3.8, 4) is 0 Å². The van der Waals surface area contributed by atoms with Gasteiger partial charge in [0.1, 0.15) is 5.82 Å². The highest BCUT2D eigenvalue weighted by Crippen LogP contribution is 2.14. The smallest absolute Gasteiger partial charge is 0.240 e. The molecule has 1 aromatic heterocycles. The van der Waals surface area contributed by atoms with Gasteiger partial charge in [0.15, 0.2) is 0 Å². The summed E-state index contributed by atoms with van der Waals surface area (Å²) in [4.78, 5) is 27.3. The van der Waals surface area contributed by atoms with Crippen molar-refractivity contribution in [2.45, 2.75) is 25.6 Å². The maximum Gasteiger partial charge on any atom is 0.240 e. The van der Waals surface area contributed by atoms with Gasteiger partial charge in [-0.15, -0.1) is 23.7 Å². The number of rotatable bonds is 6. The van der Waals surface area contributed by atoms with Crippen LogP contribution in [-0.4, -0.2) is 35.8 Å². The average molecular weight is 398 g/mol. The van der Waals surface area contributed by atoms with Crippen molar-refractivity contribution in [3.63, 3.8) is 0 Å². The first-order chi connectivity index (χ1) is 12.1. The van der Waals surface area contributed by atoms with E-state index in [1.165, 1.54) is 6.07 Å². The van der Waals surface area contributed by atoms with Crippen LogP contribution in [0.15, 0.2) is 41.8 Å². The second kappa shape index (κ2) is 9.66. The largest absolute Gasteiger partial charge is 0.351 e. The molecule has 2 aromatic rings. The van der Waals surface area contributed by atoms with E-state index in [2.05, 4.69) is 10.6 Å². The fourth-order valence-corrected chi connectivity index (χ4v) is 3.44. The van der Waals surface area contributed by atoms with Crippen LogP contribution in [0, 0.1) is 5.82 Å². The maximum absolute atomic E-state index is 13.8. The third kappa shape index (κ3) is 5.27. The highest BCUT2D eigenvalue weighted by Gasteiger charge is 2.30. The minimum Gasteiger partial charge on any atom is -0.351 e. The molecule has 1 aromatic carbocycles. The van der Waals surface area contributed by atoms with Gasteiger partial charge < -0.3 is 15.5 Å². The molecule has 2 amide bonds. The molecule has 0 radical (unpaired) electrons. The predicted octanol–water partition coefficient (Wildman–Crippen LogP) is 2.32. The van der Waals surface area contributed by atoms with Crippen molar-refractivity contribution >= 4 is 35.6 Å². The van der Waals surface area contributed by atoms with Gasteiger partial charge in [-0.05, 0) is 17.5 Å². The second-order valence-electron chi connectivity index (χ2n) is 5.92. The molecule has 2 N–H and O–H groups in total. The van der Waals surface area contributed by atoms with Gasteiger partial charge in [0.2, 0.25) is 11.8 Å². The molecule has 1 aliphatic heterocycles. The molecule has 1 atom stereocenters. The molecule has 8 heteroatoms. The first kappa shape index (κ1) is 20.4. The molecule has 1 unspecified atom stereocenters. The Hall–Kier alpha value is -1.96. The summed E-state index contributed by atoms with van der Waals surface area (Å²) in [5.74, 6) is -0.660. The number of nitrogens with one attached hydrogen (secondary N) is 2. The Morgan fingerprint density at radius 1 is 1.31 bits per heavy atom. The summed E-state index contributed by atoms with van der Waals surface area (Å²) in [6.45, 7) is 1.78. The molecular formula is C18H21ClFN3O2S. The third-order valence-electron chi connectivity index (χ3n) is 4.13. The van der Waals surface area contributed by atoms with E-state index >= 15 is 0 Å². The first-order valence-corrected chi connectivity index (χ1v) is 9.06. The summed E-state index contributed by atoms with van der Waals surface area (Å²) in [7, 11) is 0. The van der Waals surface area contributed by atoms with Crippen molar-refractivity contribution in [2.24, 2.45) is 0 Å². The monoisotopic (exact) mass is 397 g/mol. The van der Waals surface area contributed by atoms with Crippen molar-refractivity contribution in [3.05, 3.63) is 58.0 Å². The molecule has 0 aliphatic carbocycles. The van der Waals surface area contributed by atoms with Crippen molar-refractivity contribution in [2.75, 3.05) is 13.1 Å². The van der Waals surface area contributed by atoms with Crippen molar-refractivity contribution in [1.29, 1.82) is 0 Å².